The highest BCUT2D eigenvalue weighted by Gasteiger charge is 2.44. The molecule has 3 fully saturated rings. The maximum atomic E-state index is 14.8. The van der Waals surface area contributed by atoms with Gasteiger partial charge in [-0.3, -0.25) is 24.1 Å². The number of halogens is 13. The number of nitrogens with zero attached hydrogens (tertiary/aromatic N) is 17. The second-order valence-corrected chi connectivity index (χ2v) is 36.2. The lowest BCUT2D eigenvalue weighted by Gasteiger charge is -2.34. The van der Waals surface area contributed by atoms with Crippen molar-refractivity contribution in [1.29, 1.82) is 0 Å². The Bertz CT molecular complexity index is 6930. The predicted molar refractivity (Wildman–Crippen MR) is 522 cm³/mol. The van der Waals surface area contributed by atoms with Gasteiger partial charge in [0.05, 0.1) is 66.3 Å². The monoisotopic (exact) mass is 2060 g/mol. The molecule has 0 unspecified atom stereocenters. The quantitative estimate of drug-likeness (QED) is 0.0314. The molecule has 7 aliphatic rings. The van der Waals surface area contributed by atoms with Crippen LogP contribution in [0, 0.1) is 5.82 Å². The van der Waals surface area contributed by atoms with Gasteiger partial charge in [0.15, 0.2) is 0 Å². The average molecular weight is 2060 g/mol. The van der Waals surface area contributed by atoms with E-state index in [0.29, 0.717) is 120 Å². The van der Waals surface area contributed by atoms with Gasteiger partial charge in [-0.1, -0.05) is 60.7 Å². The molecule has 8 aromatic carbocycles. The summed E-state index contributed by atoms with van der Waals surface area (Å²) in [6, 6.07) is 40.2. The summed E-state index contributed by atoms with van der Waals surface area (Å²) in [5.41, 5.74) is 3.89. The van der Waals surface area contributed by atoms with Crippen LogP contribution in [0.3, 0.4) is 0 Å². The van der Waals surface area contributed by atoms with E-state index in [1.807, 2.05) is 62.4 Å². The van der Waals surface area contributed by atoms with E-state index in [1.54, 1.807) is 107 Å². The van der Waals surface area contributed by atoms with Crippen LogP contribution in [0.5, 0.6) is 63.8 Å². The Balaban J connectivity index is 0.000000141. The molecule has 3 saturated heterocycles. The first-order chi connectivity index (χ1) is 70.5. The summed E-state index contributed by atoms with van der Waals surface area (Å²) in [7, 11) is 18.9. The van der Waals surface area contributed by atoms with Crippen LogP contribution in [0.15, 0.2) is 170 Å². The number of anilines is 10. The van der Waals surface area contributed by atoms with Gasteiger partial charge in [-0.05, 0) is 192 Å². The van der Waals surface area contributed by atoms with Crippen molar-refractivity contribution in [2.45, 2.75) is 95.7 Å². The van der Waals surface area contributed by atoms with E-state index in [-0.39, 0.29) is 104 Å². The van der Waals surface area contributed by atoms with Crippen LogP contribution in [-0.2, 0) is 64.0 Å². The average Bonchev–Trinajstić information content (AvgIpc) is 1.63. The molecule has 11 heterocycles. The number of amides is 4. The number of likely N-dealkylation sites (tertiary alicyclic amines) is 2. The van der Waals surface area contributed by atoms with Crippen LogP contribution >= 0.6 is 0 Å². The van der Waals surface area contributed by atoms with Crippen LogP contribution in [0.25, 0.3) is 0 Å². The number of carbonyl (C=O) groups excluding carboxylic acids is 4. The molecule has 4 amide bonds. The lowest BCUT2D eigenvalue weighted by molar-refractivity contribution is -0.140. The standard InChI is InChI=1S/C26H26F4N6O2.C26H27F3N6O3.C26H26F3N5O3.C24H24F3N5O3/c1-35-10-8-16(9-11-35)32-20-7-6-17(12-19(20)27)33-25-31-13-18(26(28,29)30)23(34-25)38-21-5-3-4-15-14-36(2)24(37)22(15)21;1-33-9-11-35(12-10-33)17-7-8-19(21(13-17)37-3)31-25-30-14-18(26(27,28)29)23(32-25)38-20-6-4-5-16-15-34(2)24(36)22(16)20;1-33-15-17-6-5-7-20(22(17)24(33)35)37-23-18(26(27,28)29)13-30-25(32-23)31-19-9-8-16(12-21(19)36-2)14-34-10-3-4-11-34;1-31(2)12-14-8-9-17(19(10-14)34-4)29-23-28-11-16(24(25,26)27)21(30-23)35-18-7-5-6-15-13-32(3)22(33)20(15)18/h3-7,12-13,16,32H,8-11,14H2,1-2H3,(H,31,33,34);4-8,13-14H,9-12,15H2,1-3H3,(H,30,31,32);5-9,12-13H,3-4,10-11,14-15H2,1-2H3,(H,30,31,32);5-11H,12-13H2,1-4H3,(H,28,29,30). The molecule has 148 heavy (non-hydrogen) atoms. The lowest BCUT2D eigenvalue weighted by Crippen LogP contribution is -2.44. The van der Waals surface area contributed by atoms with E-state index in [9.17, 15) is 76.3 Å². The van der Waals surface area contributed by atoms with Crippen molar-refractivity contribution in [3.05, 3.63) is 254 Å². The Morgan fingerprint density at radius 3 is 1.05 bits per heavy atom. The van der Waals surface area contributed by atoms with Crippen molar-refractivity contribution in [2.75, 3.05) is 162 Å². The van der Waals surface area contributed by atoms with Gasteiger partial charge in [0, 0.05) is 142 Å². The first-order valence-electron chi connectivity index (χ1n) is 46.6. The summed E-state index contributed by atoms with van der Waals surface area (Å²) in [5, 5.41) is 14.7. The van der Waals surface area contributed by atoms with Crippen LogP contribution in [0.2, 0.25) is 0 Å². The van der Waals surface area contributed by atoms with Crippen LogP contribution in [0.4, 0.5) is 115 Å². The molecule has 0 aliphatic carbocycles. The van der Waals surface area contributed by atoms with Crippen molar-refractivity contribution < 1.29 is 109 Å². The number of aromatic nitrogens is 8. The fourth-order valence-corrected chi connectivity index (χ4v) is 17.5. The molecule has 12 aromatic rings. The van der Waals surface area contributed by atoms with Gasteiger partial charge in [0.25, 0.3) is 23.6 Å². The zero-order valence-electron chi connectivity index (χ0n) is 82.0. The van der Waals surface area contributed by atoms with Gasteiger partial charge >= 0.3 is 24.7 Å². The summed E-state index contributed by atoms with van der Waals surface area (Å²) in [4.78, 5) is 98.4. The number of ether oxygens (including phenoxy) is 7. The lowest BCUT2D eigenvalue weighted by atomic mass is 10.1. The number of piperazine rings is 1. The van der Waals surface area contributed by atoms with E-state index in [2.05, 4.69) is 93.1 Å². The number of rotatable bonds is 26. The Labute approximate surface area is 841 Å². The molecule has 0 radical (unpaired) electrons. The van der Waals surface area contributed by atoms with Crippen LogP contribution < -0.4 is 64.6 Å². The van der Waals surface area contributed by atoms with E-state index >= 15 is 0 Å². The predicted octanol–water partition coefficient (Wildman–Crippen LogP) is 19.5. The topological polar surface area (TPSA) is 325 Å². The van der Waals surface area contributed by atoms with Crippen molar-refractivity contribution >= 4 is 81.5 Å². The number of nitrogens with one attached hydrogen (secondary N) is 5. The van der Waals surface area contributed by atoms with Gasteiger partial charge in [-0.25, -0.2) is 24.3 Å². The first-order valence-corrected chi connectivity index (χ1v) is 46.6. The second-order valence-electron chi connectivity index (χ2n) is 36.2. The molecule has 4 aromatic heterocycles. The molecule has 33 nitrogen and oxygen atoms in total. The molecule has 0 spiro atoms. The van der Waals surface area contributed by atoms with E-state index in [0.717, 1.165) is 88.6 Å². The zero-order valence-corrected chi connectivity index (χ0v) is 82.0. The summed E-state index contributed by atoms with van der Waals surface area (Å²) in [6.45, 7) is 10.4. The summed E-state index contributed by atoms with van der Waals surface area (Å²) in [6.07, 6.45) is -12.4. The maximum Gasteiger partial charge on any atom is 0.423 e. The molecule has 0 atom stereocenters. The largest absolute Gasteiger partial charge is 0.495 e. The van der Waals surface area contributed by atoms with Gasteiger partial charge in [0.1, 0.15) is 68.3 Å². The summed E-state index contributed by atoms with van der Waals surface area (Å²) in [5.74, 6) is -3.89. The number of piperidine rings is 1. The van der Waals surface area contributed by atoms with Crippen molar-refractivity contribution in [3.63, 3.8) is 0 Å². The highest BCUT2D eigenvalue weighted by Crippen LogP contribution is 2.48. The molecule has 7 aliphatic heterocycles. The zero-order chi connectivity index (χ0) is 106. The third-order valence-electron chi connectivity index (χ3n) is 25.1. The highest BCUT2D eigenvalue weighted by molar-refractivity contribution is 6.03. The Hall–Kier alpha value is -15.7. The number of likely N-dealkylation sites (N-methyl/N-ethyl adjacent to an activating group) is 1. The molecular formula is C102H103F13N22O11. The van der Waals surface area contributed by atoms with Crippen LogP contribution in [-0.4, -0.2) is 239 Å². The minimum Gasteiger partial charge on any atom is -0.495 e. The third-order valence-corrected chi connectivity index (χ3v) is 25.1. The van der Waals surface area contributed by atoms with E-state index < -0.39 is 76.3 Å². The second kappa shape index (κ2) is 44.3. The molecular weight excluding hydrogens is 1960 g/mol. The van der Waals surface area contributed by atoms with Gasteiger partial charge < -0.3 is 98.9 Å². The normalized spacial score (nSPS) is 15.4. The smallest absolute Gasteiger partial charge is 0.423 e. The third kappa shape index (κ3) is 24.6. The van der Waals surface area contributed by atoms with Crippen LogP contribution in [0.1, 0.15) is 123 Å². The fraction of sp³-hybridized carbons (Fsp3) is 0.333. The highest BCUT2D eigenvalue weighted by atomic mass is 19.4. The number of carbonyl (C=O) groups is 4. The Morgan fingerprint density at radius 2 is 0.703 bits per heavy atom. The minimum atomic E-state index is -4.81. The van der Waals surface area contributed by atoms with Gasteiger partial charge in [-0.15, -0.1) is 0 Å². The molecule has 5 N–H and O–H groups in total. The molecule has 19 rings (SSSR count). The molecule has 46 heteroatoms. The molecule has 0 bridgehead atoms. The Morgan fingerprint density at radius 1 is 0.372 bits per heavy atom. The fourth-order valence-electron chi connectivity index (χ4n) is 17.5. The minimum absolute atomic E-state index is 0.00103. The number of hydrogen-bond donors (Lipinski definition) is 5. The molecule has 778 valence electrons. The van der Waals surface area contributed by atoms with Gasteiger partial charge in [-0.2, -0.15) is 72.6 Å². The SMILES string of the molecule is CN1CCC(Nc2ccc(Nc3ncc(C(F)(F)F)c(Oc4cccc5c4C(=O)N(C)C5)n3)cc2F)CC1.COc1cc(CN(C)C)ccc1Nc1ncc(C(F)(F)F)c(Oc2cccc3c2C(=O)N(C)C3)n1.COc1cc(CN2CCCC2)ccc1Nc1ncc(C(F)(F)F)c(Oc2cccc3c2C(=O)N(C)C3)n1.COc1cc(N2CCN(C)CC2)ccc1Nc1ncc(C(F)(F)F)c(Oc2cccc3c2C(=O)N(C)C3)n1. The van der Waals surface area contributed by atoms with Crippen molar-refractivity contribution in [1.82, 2.24) is 79.1 Å². The van der Waals surface area contributed by atoms with E-state index in [1.165, 1.54) is 84.1 Å². The number of methoxy groups -OCH3 is 3. The van der Waals surface area contributed by atoms with Crippen molar-refractivity contribution in [2.24, 2.45) is 0 Å². The number of benzene rings is 8. The number of fused-ring (bicyclic) bond motifs is 4. The number of alkyl halides is 12. The Kier molecular flexibility index (Phi) is 31.5. The first kappa shape index (κ1) is 105. The maximum absolute atomic E-state index is 14.8. The number of hydrogen-bond acceptors (Lipinski definition) is 29. The summed E-state index contributed by atoms with van der Waals surface area (Å²) < 4.78 is 219. The molecule has 0 saturated carbocycles. The van der Waals surface area contributed by atoms with Gasteiger partial charge in [0.2, 0.25) is 47.3 Å². The van der Waals surface area contributed by atoms with E-state index in [4.69, 9.17) is 33.2 Å². The van der Waals surface area contributed by atoms with Crippen molar-refractivity contribution in [3.8, 4) is 63.8 Å². The summed E-state index contributed by atoms with van der Waals surface area (Å²) >= 11 is 0.